The smallest absolute Gasteiger partial charge is 0.403 e. The van der Waals surface area contributed by atoms with Crippen molar-refractivity contribution < 1.29 is 18.6 Å². The first-order valence-electron chi connectivity index (χ1n) is 19.1. The third-order valence-electron chi connectivity index (χ3n) is 10.9. The monoisotopic (exact) mass is 710 g/mol. The topological polar surface area (TPSA) is 36.9 Å². The average molecular weight is 711 g/mol. The van der Waals surface area contributed by atoms with Crippen molar-refractivity contribution in [1.29, 1.82) is 0 Å². The van der Waals surface area contributed by atoms with Gasteiger partial charge in [0.05, 0.1) is 0 Å². The van der Waals surface area contributed by atoms with Crippen LogP contribution in [0.15, 0.2) is 133 Å². The Morgan fingerprint density at radius 1 is 0.352 bits per heavy atom. The third-order valence-corrected chi connectivity index (χ3v) is 10.9. The van der Waals surface area contributed by atoms with Crippen LogP contribution in [0.25, 0.3) is 0 Å². The van der Waals surface area contributed by atoms with Crippen molar-refractivity contribution in [2.24, 2.45) is 0 Å². The predicted molar refractivity (Wildman–Crippen MR) is 219 cm³/mol. The Labute approximate surface area is 321 Å². The summed E-state index contributed by atoms with van der Waals surface area (Å²) >= 11 is 0. The van der Waals surface area contributed by atoms with Crippen LogP contribution in [0.5, 0.6) is 0 Å². The lowest BCUT2D eigenvalue weighted by Crippen LogP contribution is -2.43. The van der Waals surface area contributed by atoms with Gasteiger partial charge >= 0.3 is 14.0 Å². The van der Waals surface area contributed by atoms with Crippen molar-refractivity contribution >= 4 is 14.0 Å². The number of hydrogen-bond donors (Lipinski definition) is 0. The van der Waals surface area contributed by atoms with Gasteiger partial charge in [0.2, 0.25) is 0 Å². The number of rotatable bonds is 7. The molecule has 2 fully saturated rings. The molecular formula is C48H48B2O4. The van der Waals surface area contributed by atoms with Crippen molar-refractivity contribution in [3.63, 3.8) is 0 Å². The van der Waals surface area contributed by atoms with Gasteiger partial charge in [0, 0.05) is 0 Å². The molecule has 2 heterocycles. The molecule has 0 saturated carbocycles. The summed E-state index contributed by atoms with van der Waals surface area (Å²) in [5.41, 5.74) is 13.4. The molecule has 2 atom stereocenters. The Bertz CT molecular complexity index is 1970. The second-order valence-electron chi connectivity index (χ2n) is 15.8. The van der Waals surface area contributed by atoms with Gasteiger partial charge in [-0.3, -0.25) is 0 Å². The highest BCUT2D eigenvalue weighted by Crippen LogP contribution is 2.57. The molecule has 0 amide bonds. The first-order chi connectivity index (χ1) is 25.9. The highest BCUT2D eigenvalue weighted by Gasteiger charge is 2.66. The second kappa shape index (κ2) is 14.2. The molecule has 6 aromatic rings. The van der Waals surface area contributed by atoms with Crippen LogP contribution in [0.1, 0.15) is 90.1 Å². The summed E-state index contributed by atoms with van der Waals surface area (Å²) in [6.07, 6.45) is -1.02. The van der Waals surface area contributed by atoms with Gasteiger partial charge in [0.1, 0.15) is 23.4 Å². The van der Waals surface area contributed by atoms with E-state index in [9.17, 15) is 0 Å². The fourth-order valence-corrected chi connectivity index (χ4v) is 9.09. The summed E-state index contributed by atoms with van der Waals surface area (Å²) in [4.78, 5) is 0. The standard InChI is InChI=1S/C48H48B2O4/c1-31-19-32(2)24-41(23-31)47(42-25-33(3)20-34(4)26-42)45(39-15-11-9-12-16-39)51-49(53-47)50-52-46(40-17-13-10-14-18-40)48(54-50,43-27-35(5)21-36(6)28-43)44-29-37(7)22-38(8)30-44/h9-30,45-46H,1-8H3/t45-,46-/m1/s1. The summed E-state index contributed by atoms with van der Waals surface area (Å²) in [5.74, 6) is 0. The summed E-state index contributed by atoms with van der Waals surface area (Å²) in [7, 11) is -1.77. The Morgan fingerprint density at radius 2 is 0.593 bits per heavy atom. The molecule has 4 nitrogen and oxygen atoms in total. The first-order valence-corrected chi connectivity index (χ1v) is 19.1. The molecule has 0 bridgehead atoms. The van der Waals surface area contributed by atoms with Gasteiger partial charge in [-0.05, 0) is 88.8 Å². The van der Waals surface area contributed by atoms with E-state index in [1.165, 1.54) is 0 Å². The minimum atomic E-state index is -1.01. The molecular weight excluding hydrogens is 662 g/mol. The molecule has 270 valence electrons. The zero-order chi connectivity index (χ0) is 37.8. The van der Waals surface area contributed by atoms with E-state index in [-0.39, 0.29) is 0 Å². The molecule has 2 saturated heterocycles. The normalized spacial score (nSPS) is 19.0. The minimum absolute atomic E-state index is 0.508. The minimum Gasteiger partial charge on any atom is -0.403 e. The lowest BCUT2D eigenvalue weighted by molar-refractivity contribution is 0.0716. The zero-order valence-electron chi connectivity index (χ0n) is 32.6. The molecule has 2 aliphatic rings. The lowest BCUT2D eigenvalue weighted by Gasteiger charge is -2.37. The van der Waals surface area contributed by atoms with Crippen LogP contribution in [0.3, 0.4) is 0 Å². The molecule has 0 N–H and O–H groups in total. The van der Waals surface area contributed by atoms with Crippen molar-refractivity contribution in [3.8, 4) is 0 Å². The van der Waals surface area contributed by atoms with E-state index in [4.69, 9.17) is 18.6 Å². The van der Waals surface area contributed by atoms with Crippen molar-refractivity contribution in [3.05, 3.63) is 211 Å². The maximum absolute atomic E-state index is 7.56. The van der Waals surface area contributed by atoms with E-state index in [1.54, 1.807) is 0 Å². The van der Waals surface area contributed by atoms with Crippen LogP contribution in [-0.2, 0) is 29.8 Å². The van der Waals surface area contributed by atoms with Crippen LogP contribution >= 0.6 is 0 Å². The Kier molecular flexibility index (Phi) is 9.52. The number of aryl methyl sites for hydroxylation is 8. The fourth-order valence-electron chi connectivity index (χ4n) is 9.09. The number of benzene rings is 6. The highest BCUT2D eigenvalue weighted by molar-refractivity contribution is 7.11. The Morgan fingerprint density at radius 3 is 0.833 bits per heavy atom. The summed E-state index contributed by atoms with van der Waals surface area (Å²) in [6, 6.07) is 47.7. The van der Waals surface area contributed by atoms with Crippen LogP contribution < -0.4 is 0 Å². The SMILES string of the molecule is Cc1cc(C)cc(C2(c3cc(C)cc(C)c3)OB(B3O[C@H](c4ccccc4)C(c4cc(C)cc(C)c4)(c4cc(C)cc(C)c4)O3)O[C@@H]2c2ccccc2)c1. The molecule has 0 radical (unpaired) electrons. The van der Waals surface area contributed by atoms with E-state index in [0.29, 0.717) is 0 Å². The molecule has 54 heavy (non-hydrogen) atoms. The summed E-state index contributed by atoms with van der Waals surface area (Å²) in [5, 5.41) is 0. The summed E-state index contributed by atoms with van der Waals surface area (Å²) < 4.78 is 29.7. The van der Waals surface area contributed by atoms with E-state index < -0.39 is 37.4 Å². The van der Waals surface area contributed by atoms with Crippen LogP contribution in [0.2, 0.25) is 0 Å². The lowest BCUT2D eigenvalue weighted by atomic mass is 9.49. The highest BCUT2D eigenvalue weighted by atomic mass is 16.7. The van der Waals surface area contributed by atoms with Gasteiger partial charge in [-0.2, -0.15) is 0 Å². The van der Waals surface area contributed by atoms with E-state index in [0.717, 1.165) is 77.9 Å². The molecule has 6 heteroatoms. The van der Waals surface area contributed by atoms with Gasteiger partial charge in [0.25, 0.3) is 0 Å². The van der Waals surface area contributed by atoms with Gasteiger partial charge in [-0.25, -0.2) is 0 Å². The molecule has 0 unspecified atom stereocenters. The third kappa shape index (κ3) is 6.46. The molecule has 6 aromatic carbocycles. The van der Waals surface area contributed by atoms with Gasteiger partial charge in [-0.15, -0.1) is 0 Å². The molecule has 0 spiro atoms. The zero-order valence-corrected chi connectivity index (χ0v) is 32.6. The van der Waals surface area contributed by atoms with Gasteiger partial charge < -0.3 is 18.6 Å². The number of hydrogen-bond acceptors (Lipinski definition) is 4. The van der Waals surface area contributed by atoms with Crippen LogP contribution in [-0.4, -0.2) is 14.0 Å². The van der Waals surface area contributed by atoms with Gasteiger partial charge in [0.15, 0.2) is 0 Å². The van der Waals surface area contributed by atoms with E-state index in [2.05, 4.69) is 177 Å². The maximum Gasteiger partial charge on any atom is 0.489 e. The first kappa shape index (κ1) is 36.3. The summed E-state index contributed by atoms with van der Waals surface area (Å²) in [6.45, 7) is 17.2. The van der Waals surface area contributed by atoms with Crippen LogP contribution in [0.4, 0.5) is 0 Å². The fraction of sp³-hybridized carbons (Fsp3) is 0.250. The molecule has 0 aliphatic carbocycles. The van der Waals surface area contributed by atoms with Crippen molar-refractivity contribution in [2.75, 3.05) is 0 Å². The van der Waals surface area contributed by atoms with Crippen molar-refractivity contribution in [1.82, 2.24) is 0 Å². The van der Waals surface area contributed by atoms with Gasteiger partial charge in [-0.1, -0.05) is 178 Å². The van der Waals surface area contributed by atoms with E-state index >= 15 is 0 Å². The largest absolute Gasteiger partial charge is 0.489 e. The predicted octanol–water partition coefficient (Wildman–Crippen LogP) is 11.0. The van der Waals surface area contributed by atoms with Crippen molar-refractivity contribution in [2.45, 2.75) is 78.8 Å². The molecule has 0 aromatic heterocycles. The van der Waals surface area contributed by atoms with Crippen LogP contribution in [0, 0.1) is 55.4 Å². The average Bonchev–Trinajstić information content (AvgIpc) is 3.73. The molecule has 2 aliphatic heterocycles. The Balaban J connectivity index is 1.36. The van der Waals surface area contributed by atoms with E-state index in [1.807, 2.05) is 12.1 Å². The molecule has 8 rings (SSSR count). The Hall–Kier alpha value is -4.71. The maximum atomic E-state index is 7.56. The quantitative estimate of drug-likeness (QED) is 0.155. The second-order valence-corrected chi connectivity index (χ2v) is 15.8.